The normalized spacial score (nSPS) is 19.2. The van der Waals surface area contributed by atoms with Crippen LogP contribution in [0, 0.1) is 0 Å². The van der Waals surface area contributed by atoms with Crippen molar-refractivity contribution in [1.82, 2.24) is 0 Å². The highest BCUT2D eigenvalue weighted by molar-refractivity contribution is 7.53. The molecule has 1 atom stereocenters. The number of aliphatic hydroxyl groups is 2. The van der Waals surface area contributed by atoms with Gasteiger partial charge in [-0.2, -0.15) is 0 Å². The van der Waals surface area contributed by atoms with Gasteiger partial charge >= 0.3 is 7.60 Å². The van der Waals surface area contributed by atoms with Gasteiger partial charge in [-0.25, -0.2) is 0 Å². The Balaban J connectivity index is 4.34. The SMILES string of the molecule is CC(O)(CO)P(=O)(O)O. The van der Waals surface area contributed by atoms with Crippen molar-refractivity contribution >= 4 is 7.60 Å². The summed E-state index contributed by atoms with van der Waals surface area (Å²) in [5.41, 5.74) is 0. The van der Waals surface area contributed by atoms with E-state index in [2.05, 4.69) is 0 Å². The summed E-state index contributed by atoms with van der Waals surface area (Å²) in [5, 5.41) is 14.5. The molecule has 0 saturated carbocycles. The summed E-state index contributed by atoms with van der Waals surface area (Å²) in [5.74, 6) is 0. The maximum atomic E-state index is 10.2. The van der Waals surface area contributed by atoms with Gasteiger partial charge in [0.25, 0.3) is 0 Å². The third-order valence-corrected chi connectivity index (χ3v) is 2.32. The van der Waals surface area contributed by atoms with Crippen molar-refractivity contribution in [2.24, 2.45) is 0 Å². The fourth-order valence-electron chi connectivity index (χ4n) is 0.0921. The molecule has 0 aliphatic heterocycles. The zero-order valence-corrected chi connectivity index (χ0v) is 5.75. The van der Waals surface area contributed by atoms with E-state index >= 15 is 0 Å². The van der Waals surface area contributed by atoms with Crippen LogP contribution in [-0.4, -0.2) is 31.9 Å². The minimum atomic E-state index is -4.56. The molecule has 5 nitrogen and oxygen atoms in total. The molecule has 4 N–H and O–H groups in total. The molecule has 0 saturated heterocycles. The van der Waals surface area contributed by atoms with Crippen molar-refractivity contribution in [3.8, 4) is 0 Å². The summed E-state index contributed by atoms with van der Waals surface area (Å²) >= 11 is 0. The second-order valence-electron chi connectivity index (χ2n) is 1.92. The van der Waals surface area contributed by atoms with Gasteiger partial charge < -0.3 is 20.0 Å². The summed E-state index contributed by atoms with van der Waals surface area (Å²) in [6, 6.07) is 0. The molecule has 0 aliphatic rings. The molecule has 0 aromatic heterocycles. The fourth-order valence-corrected chi connectivity index (χ4v) is 0.276. The highest BCUT2D eigenvalue weighted by Gasteiger charge is 2.39. The van der Waals surface area contributed by atoms with Crippen molar-refractivity contribution in [2.45, 2.75) is 12.3 Å². The summed E-state index contributed by atoms with van der Waals surface area (Å²) in [7, 11) is -4.56. The van der Waals surface area contributed by atoms with Crippen LogP contribution in [0.25, 0.3) is 0 Å². The molecule has 0 spiro atoms. The van der Waals surface area contributed by atoms with E-state index in [1.807, 2.05) is 0 Å². The molecule has 0 aromatic carbocycles. The molecule has 0 bridgehead atoms. The van der Waals surface area contributed by atoms with E-state index in [1.54, 1.807) is 0 Å². The van der Waals surface area contributed by atoms with Crippen LogP contribution in [0.2, 0.25) is 0 Å². The molecule has 56 valence electrons. The zero-order chi connectivity index (χ0) is 7.71. The minimum absolute atomic E-state index is 0.869. The van der Waals surface area contributed by atoms with Gasteiger partial charge in [-0.15, -0.1) is 0 Å². The van der Waals surface area contributed by atoms with Crippen molar-refractivity contribution in [3.05, 3.63) is 0 Å². The Bertz CT molecular complexity index is 135. The lowest BCUT2D eigenvalue weighted by atomic mass is 10.4. The van der Waals surface area contributed by atoms with Gasteiger partial charge in [0.2, 0.25) is 0 Å². The summed E-state index contributed by atoms with van der Waals surface area (Å²) in [6.07, 6.45) is 0. The van der Waals surface area contributed by atoms with Crippen LogP contribution in [0.5, 0.6) is 0 Å². The Morgan fingerprint density at radius 2 is 1.89 bits per heavy atom. The third-order valence-electron chi connectivity index (χ3n) is 0.927. The van der Waals surface area contributed by atoms with Crippen LogP contribution in [0.3, 0.4) is 0 Å². The molecule has 0 aliphatic carbocycles. The molecule has 0 aromatic rings. The van der Waals surface area contributed by atoms with Gasteiger partial charge in [0.1, 0.15) is 0 Å². The van der Waals surface area contributed by atoms with Crippen LogP contribution in [0.1, 0.15) is 6.92 Å². The van der Waals surface area contributed by atoms with Gasteiger partial charge in [0, 0.05) is 0 Å². The maximum Gasteiger partial charge on any atom is 0.358 e. The van der Waals surface area contributed by atoms with Crippen molar-refractivity contribution in [1.29, 1.82) is 0 Å². The van der Waals surface area contributed by atoms with Crippen LogP contribution in [0.4, 0.5) is 0 Å². The summed E-state index contributed by atoms with van der Waals surface area (Å²) in [6.45, 7) is -0.0783. The molecule has 9 heavy (non-hydrogen) atoms. The van der Waals surface area contributed by atoms with Gasteiger partial charge in [-0.05, 0) is 6.92 Å². The molecule has 0 amide bonds. The number of aliphatic hydroxyl groups excluding tert-OH is 1. The standard InChI is InChI=1S/C3H9O5P/c1-3(5,2-4)9(6,7)8/h4-5H,2H2,1H3,(H2,6,7,8). The smallest absolute Gasteiger partial charge is 0.358 e. The topological polar surface area (TPSA) is 98.0 Å². The lowest BCUT2D eigenvalue weighted by molar-refractivity contribution is 0.0476. The van der Waals surface area contributed by atoms with Crippen molar-refractivity contribution in [3.63, 3.8) is 0 Å². The zero-order valence-electron chi connectivity index (χ0n) is 4.85. The number of hydrogen-bond acceptors (Lipinski definition) is 3. The van der Waals surface area contributed by atoms with Crippen LogP contribution < -0.4 is 0 Å². The van der Waals surface area contributed by atoms with Crippen LogP contribution in [-0.2, 0) is 4.57 Å². The maximum absolute atomic E-state index is 10.2. The number of hydrogen-bond donors (Lipinski definition) is 4. The predicted octanol–water partition coefficient (Wildman–Crippen LogP) is -1.14. The highest BCUT2D eigenvalue weighted by Crippen LogP contribution is 2.47. The third kappa shape index (κ3) is 2.04. The van der Waals surface area contributed by atoms with E-state index in [1.165, 1.54) is 0 Å². The van der Waals surface area contributed by atoms with E-state index in [4.69, 9.17) is 20.0 Å². The molecule has 0 radical (unpaired) electrons. The lowest BCUT2D eigenvalue weighted by Crippen LogP contribution is -2.28. The first-order valence-electron chi connectivity index (χ1n) is 2.20. The van der Waals surface area contributed by atoms with Gasteiger partial charge in [0.15, 0.2) is 5.34 Å². The first-order valence-corrected chi connectivity index (χ1v) is 3.81. The van der Waals surface area contributed by atoms with E-state index in [0.29, 0.717) is 0 Å². The molecule has 0 fully saturated rings. The molecule has 1 unspecified atom stereocenters. The highest BCUT2D eigenvalue weighted by atomic mass is 31.2. The fraction of sp³-hybridized carbons (Fsp3) is 1.00. The Morgan fingerprint density at radius 3 is 1.89 bits per heavy atom. The Labute approximate surface area is 52.1 Å². The molecule has 0 rings (SSSR count). The molecular weight excluding hydrogens is 147 g/mol. The number of rotatable bonds is 2. The van der Waals surface area contributed by atoms with Crippen molar-refractivity contribution < 1.29 is 24.6 Å². The summed E-state index contributed by atoms with van der Waals surface area (Å²) < 4.78 is 10.2. The van der Waals surface area contributed by atoms with Crippen LogP contribution in [0.15, 0.2) is 0 Å². The van der Waals surface area contributed by atoms with Crippen LogP contribution >= 0.6 is 7.60 Å². The monoisotopic (exact) mass is 156 g/mol. The molecule has 0 heterocycles. The quantitative estimate of drug-likeness (QED) is 0.379. The van der Waals surface area contributed by atoms with E-state index in [-0.39, 0.29) is 0 Å². The minimum Gasteiger partial charge on any atom is -0.393 e. The first kappa shape index (κ1) is 9.07. The largest absolute Gasteiger partial charge is 0.393 e. The summed E-state index contributed by atoms with van der Waals surface area (Å²) in [4.78, 5) is 16.5. The second kappa shape index (κ2) is 2.36. The predicted molar refractivity (Wildman–Crippen MR) is 29.8 cm³/mol. The Morgan fingerprint density at radius 1 is 1.56 bits per heavy atom. The van der Waals surface area contributed by atoms with E-state index < -0.39 is 19.5 Å². The molecular formula is C3H9O5P. The van der Waals surface area contributed by atoms with Gasteiger partial charge in [-0.1, -0.05) is 0 Å². The van der Waals surface area contributed by atoms with Gasteiger partial charge in [-0.3, -0.25) is 4.57 Å². The second-order valence-corrected chi connectivity index (χ2v) is 3.97. The van der Waals surface area contributed by atoms with E-state index in [0.717, 1.165) is 6.92 Å². The van der Waals surface area contributed by atoms with Gasteiger partial charge in [0.05, 0.1) is 6.61 Å². The first-order chi connectivity index (χ1) is 3.81. The Hall–Kier alpha value is 0.0700. The average molecular weight is 156 g/mol. The average Bonchev–Trinajstić information content (AvgIpc) is 1.64. The van der Waals surface area contributed by atoms with Crippen molar-refractivity contribution in [2.75, 3.05) is 6.61 Å². The Kier molecular flexibility index (Phi) is 2.38. The molecule has 6 heteroatoms. The lowest BCUT2D eigenvalue weighted by Gasteiger charge is -2.20. The van der Waals surface area contributed by atoms with E-state index in [9.17, 15) is 4.57 Å².